The summed E-state index contributed by atoms with van der Waals surface area (Å²) in [6.45, 7) is 2.36. The largest absolute Gasteiger partial charge is 0.343 e. The lowest BCUT2D eigenvalue weighted by molar-refractivity contribution is -0.132. The lowest BCUT2D eigenvalue weighted by atomic mass is 10.1. The van der Waals surface area contributed by atoms with Crippen molar-refractivity contribution >= 4 is 15.9 Å². The molecule has 1 aliphatic rings. The number of piperidine rings is 1. The molecule has 134 valence electrons. The minimum absolute atomic E-state index is 0.0754. The first-order chi connectivity index (χ1) is 11.5. The summed E-state index contributed by atoms with van der Waals surface area (Å²) < 4.78 is 25.4. The minimum atomic E-state index is -3.28. The van der Waals surface area contributed by atoms with Gasteiger partial charge < -0.3 is 4.90 Å². The Balaban J connectivity index is 1.81. The van der Waals surface area contributed by atoms with E-state index in [1.807, 2.05) is 35.2 Å². The number of hydrogen-bond acceptors (Lipinski definition) is 3. The number of carbonyl (C=O) groups excluding carboxylic acids is 1. The van der Waals surface area contributed by atoms with Crippen LogP contribution in [0, 0.1) is 0 Å². The van der Waals surface area contributed by atoms with Gasteiger partial charge in [0.2, 0.25) is 15.9 Å². The van der Waals surface area contributed by atoms with Crippen LogP contribution in [0.3, 0.4) is 0 Å². The Morgan fingerprint density at radius 3 is 2.38 bits per heavy atom. The van der Waals surface area contributed by atoms with Crippen molar-refractivity contribution in [3.05, 3.63) is 35.9 Å². The molecule has 1 aliphatic heterocycles. The lowest BCUT2D eigenvalue weighted by Crippen LogP contribution is -2.39. The molecular formula is C18H28N2O3S. The number of rotatable bonds is 8. The summed E-state index contributed by atoms with van der Waals surface area (Å²) in [5.41, 5.74) is 1.20. The third-order valence-corrected chi connectivity index (χ3v) is 5.77. The molecule has 0 spiro atoms. The number of sulfonamides is 1. The smallest absolute Gasteiger partial charge is 0.223 e. The van der Waals surface area contributed by atoms with Crippen molar-refractivity contribution in [3.63, 3.8) is 0 Å². The number of nitrogens with zero attached hydrogens (tertiary/aromatic N) is 2. The maximum Gasteiger partial charge on any atom is 0.223 e. The van der Waals surface area contributed by atoms with Crippen LogP contribution in [0.15, 0.2) is 30.3 Å². The lowest BCUT2D eigenvalue weighted by Gasteiger charge is -2.28. The van der Waals surface area contributed by atoms with E-state index >= 15 is 0 Å². The first-order valence-corrected chi connectivity index (χ1v) is 10.6. The second-order valence-corrected chi connectivity index (χ2v) is 8.43. The zero-order chi connectivity index (χ0) is 17.4. The molecule has 0 aromatic heterocycles. The highest BCUT2D eigenvalue weighted by atomic mass is 32.2. The van der Waals surface area contributed by atoms with E-state index in [1.165, 1.54) is 22.5 Å². The van der Waals surface area contributed by atoms with Gasteiger partial charge in [-0.1, -0.05) is 30.3 Å². The monoisotopic (exact) mass is 352 g/mol. The van der Waals surface area contributed by atoms with Gasteiger partial charge in [0.05, 0.1) is 6.26 Å². The fraction of sp³-hybridized carbons (Fsp3) is 0.611. The maximum absolute atomic E-state index is 12.2. The average molecular weight is 353 g/mol. The molecule has 1 aromatic carbocycles. The average Bonchev–Trinajstić information content (AvgIpc) is 2.58. The molecule has 1 fully saturated rings. The van der Waals surface area contributed by atoms with Crippen LogP contribution in [0.25, 0.3) is 0 Å². The van der Waals surface area contributed by atoms with Gasteiger partial charge in [-0.3, -0.25) is 4.79 Å². The summed E-state index contributed by atoms with van der Waals surface area (Å²) in [5, 5.41) is 0. The molecular weight excluding hydrogens is 324 g/mol. The van der Waals surface area contributed by atoms with E-state index in [9.17, 15) is 13.2 Å². The molecule has 0 unspecified atom stereocenters. The summed E-state index contributed by atoms with van der Waals surface area (Å²) in [7, 11) is -3.28. The fourth-order valence-electron chi connectivity index (χ4n) is 3.07. The second kappa shape index (κ2) is 9.18. The topological polar surface area (TPSA) is 57.7 Å². The van der Waals surface area contributed by atoms with Gasteiger partial charge in [-0.2, -0.15) is 0 Å². The van der Waals surface area contributed by atoms with Crippen molar-refractivity contribution in [3.8, 4) is 0 Å². The maximum atomic E-state index is 12.2. The Hall–Kier alpha value is -1.40. The van der Waals surface area contributed by atoms with Crippen LogP contribution < -0.4 is 0 Å². The number of hydrogen-bond donors (Lipinski definition) is 0. The normalized spacial score (nSPS) is 15.7. The van der Waals surface area contributed by atoms with Crippen molar-refractivity contribution < 1.29 is 13.2 Å². The highest BCUT2D eigenvalue weighted by molar-refractivity contribution is 7.88. The molecule has 6 heteroatoms. The third-order valence-electron chi connectivity index (χ3n) is 4.47. The van der Waals surface area contributed by atoms with Gasteiger partial charge in [-0.15, -0.1) is 0 Å². The molecule has 5 nitrogen and oxygen atoms in total. The highest BCUT2D eigenvalue weighted by Gasteiger charge is 2.21. The van der Waals surface area contributed by atoms with Gasteiger partial charge in [-0.05, 0) is 37.7 Å². The molecule has 0 radical (unpaired) electrons. The molecule has 1 aromatic rings. The molecule has 1 heterocycles. The zero-order valence-electron chi connectivity index (χ0n) is 14.5. The van der Waals surface area contributed by atoms with Crippen molar-refractivity contribution in [2.45, 2.75) is 38.5 Å². The Morgan fingerprint density at radius 1 is 1.08 bits per heavy atom. The molecule has 1 amide bonds. The van der Waals surface area contributed by atoms with Crippen LogP contribution in [-0.4, -0.2) is 56.0 Å². The Morgan fingerprint density at radius 2 is 1.75 bits per heavy atom. The van der Waals surface area contributed by atoms with Crippen molar-refractivity contribution in [2.75, 3.05) is 32.4 Å². The van der Waals surface area contributed by atoms with Gasteiger partial charge in [0.15, 0.2) is 0 Å². The minimum Gasteiger partial charge on any atom is -0.343 e. The standard InChI is InChI=1S/C18H28N2O3S/c1-24(22,23)20(15-8-11-17-9-4-2-5-10-17)16-12-18(21)19-13-6-3-7-14-19/h2,4-5,9-10H,3,6-8,11-16H2,1H3. The molecule has 0 saturated carbocycles. The molecule has 2 rings (SSSR count). The van der Waals surface area contributed by atoms with E-state index in [0.717, 1.165) is 38.8 Å². The number of likely N-dealkylation sites (tertiary alicyclic amines) is 1. The second-order valence-electron chi connectivity index (χ2n) is 6.44. The summed E-state index contributed by atoms with van der Waals surface area (Å²) >= 11 is 0. The van der Waals surface area contributed by atoms with Crippen LogP contribution in [0.5, 0.6) is 0 Å². The van der Waals surface area contributed by atoms with Gasteiger partial charge >= 0.3 is 0 Å². The fourth-order valence-corrected chi connectivity index (χ4v) is 3.95. The predicted molar refractivity (Wildman–Crippen MR) is 96.2 cm³/mol. The van der Waals surface area contributed by atoms with Crippen LogP contribution in [0.4, 0.5) is 0 Å². The summed E-state index contributed by atoms with van der Waals surface area (Å²) in [4.78, 5) is 14.1. The van der Waals surface area contributed by atoms with Crippen LogP contribution in [0.2, 0.25) is 0 Å². The van der Waals surface area contributed by atoms with Crippen molar-refractivity contribution in [1.29, 1.82) is 0 Å². The Kier molecular flexibility index (Phi) is 7.24. The van der Waals surface area contributed by atoms with Crippen LogP contribution in [0.1, 0.15) is 37.7 Å². The molecule has 1 saturated heterocycles. The first kappa shape index (κ1) is 18.9. The molecule has 0 bridgehead atoms. The van der Waals surface area contributed by atoms with E-state index in [-0.39, 0.29) is 18.9 Å². The SMILES string of the molecule is CS(=O)(=O)N(CCCc1ccccc1)CCC(=O)N1CCCCC1. The third kappa shape index (κ3) is 6.24. The number of aryl methyl sites for hydroxylation is 1. The summed E-state index contributed by atoms with van der Waals surface area (Å²) in [6.07, 6.45) is 6.39. The van der Waals surface area contributed by atoms with E-state index in [4.69, 9.17) is 0 Å². The van der Waals surface area contributed by atoms with E-state index in [1.54, 1.807) is 0 Å². The number of amides is 1. The predicted octanol–water partition coefficient (Wildman–Crippen LogP) is 2.28. The zero-order valence-corrected chi connectivity index (χ0v) is 15.3. The van der Waals surface area contributed by atoms with Crippen molar-refractivity contribution in [2.24, 2.45) is 0 Å². The van der Waals surface area contributed by atoms with Gasteiger partial charge in [0, 0.05) is 32.6 Å². The van der Waals surface area contributed by atoms with Crippen LogP contribution >= 0.6 is 0 Å². The van der Waals surface area contributed by atoms with Crippen LogP contribution in [-0.2, 0) is 21.2 Å². The summed E-state index contributed by atoms with van der Waals surface area (Å²) in [5.74, 6) is 0.0754. The number of carbonyl (C=O) groups is 1. The van der Waals surface area contributed by atoms with Gasteiger partial charge in [0.1, 0.15) is 0 Å². The quantitative estimate of drug-likeness (QED) is 0.721. The molecule has 0 N–H and O–H groups in total. The van der Waals surface area contributed by atoms with Crippen molar-refractivity contribution in [1.82, 2.24) is 9.21 Å². The van der Waals surface area contributed by atoms with Gasteiger partial charge in [-0.25, -0.2) is 12.7 Å². The highest BCUT2D eigenvalue weighted by Crippen LogP contribution is 2.11. The molecule has 0 atom stereocenters. The Labute approximate surface area is 145 Å². The van der Waals surface area contributed by atoms with E-state index < -0.39 is 10.0 Å². The van der Waals surface area contributed by atoms with Gasteiger partial charge in [0.25, 0.3) is 0 Å². The number of benzene rings is 1. The first-order valence-electron chi connectivity index (χ1n) is 8.73. The molecule has 24 heavy (non-hydrogen) atoms. The van der Waals surface area contributed by atoms with E-state index in [2.05, 4.69) is 0 Å². The summed E-state index contributed by atoms with van der Waals surface area (Å²) in [6, 6.07) is 10.0. The van der Waals surface area contributed by atoms with E-state index in [0.29, 0.717) is 6.54 Å². The Bertz CT molecular complexity index is 610. The molecule has 0 aliphatic carbocycles.